The Morgan fingerprint density at radius 2 is 2.00 bits per heavy atom. The van der Waals surface area contributed by atoms with Gasteiger partial charge in [-0.25, -0.2) is 9.97 Å². The van der Waals surface area contributed by atoms with E-state index in [9.17, 15) is 4.79 Å². The maximum absolute atomic E-state index is 12.9. The zero-order valence-electron chi connectivity index (χ0n) is 18.7. The number of nitrogens with one attached hydrogen (secondary N) is 1. The van der Waals surface area contributed by atoms with Crippen molar-refractivity contribution in [1.82, 2.24) is 15.3 Å². The van der Waals surface area contributed by atoms with E-state index in [-0.39, 0.29) is 5.91 Å². The first kappa shape index (κ1) is 22.6. The number of aryl methyl sites for hydroxylation is 1. The number of hydrogen-bond donors (Lipinski definition) is 1. The van der Waals surface area contributed by atoms with Crippen LogP contribution < -0.4 is 15.1 Å². The Morgan fingerprint density at radius 1 is 1.25 bits per heavy atom. The van der Waals surface area contributed by atoms with Gasteiger partial charge in [-0.3, -0.25) is 4.79 Å². The van der Waals surface area contributed by atoms with Crippen LogP contribution in [-0.2, 0) is 4.79 Å². The number of rotatable bonds is 7. The molecule has 3 rings (SSSR count). The van der Waals surface area contributed by atoms with Gasteiger partial charge in [-0.05, 0) is 52.6 Å². The minimum Gasteiger partial charge on any atom is -0.337 e. The predicted octanol–water partition coefficient (Wildman–Crippen LogP) is 4.08. The van der Waals surface area contributed by atoms with Crippen molar-refractivity contribution in [3.8, 4) is 0 Å². The molecule has 0 aromatic carbocycles. The van der Waals surface area contributed by atoms with Gasteiger partial charge in [0.05, 0.1) is 6.20 Å². The molecule has 2 aliphatic rings. The smallest absolute Gasteiger partial charge is 0.252 e. The molecule has 1 N–H and O–H groups in total. The summed E-state index contributed by atoms with van der Waals surface area (Å²) in [5.74, 6) is 1.89. The Hall–Kier alpha value is -1.69. The van der Waals surface area contributed by atoms with Crippen molar-refractivity contribution in [3.63, 3.8) is 0 Å². The normalized spacial score (nSPS) is 23.2. The van der Waals surface area contributed by atoms with Gasteiger partial charge < -0.3 is 15.1 Å². The standard InChI is InChI=1S/C15H22N4O.C7H17N/c1-5-11-7-8-15(6-2)14(20)18(4)12-9-16-10(3)17-13(12)19(11)15;1-3-4-5-6-7-8-2/h9,11H,5-8H2,1-4H3;8H,3-7H2,1-2H3/t11-,15+;/m1./s1. The van der Waals surface area contributed by atoms with Crippen LogP contribution in [0.4, 0.5) is 11.5 Å². The Kier molecular flexibility index (Phi) is 8.23. The van der Waals surface area contributed by atoms with E-state index in [1.165, 1.54) is 32.2 Å². The fourth-order valence-electron chi connectivity index (χ4n) is 4.49. The van der Waals surface area contributed by atoms with Gasteiger partial charge in [0, 0.05) is 13.1 Å². The van der Waals surface area contributed by atoms with E-state index in [0.29, 0.717) is 6.04 Å². The van der Waals surface area contributed by atoms with Crippen molar-refractivity contribution < 1.29 is 4.79 Å². The Morgan fingerprint density at radius 3 is 2.61 bits per heavy atom. The van der Waals surface area contributed by atoms with Gasteiger partial charge in [0.2, 0.25) is 0 Å². The minimum absolute atomic E-state index is 0.191. The molecule has 0 radical (unpaired) electrons. The summed E-state index contributed by atoms with van der Waals surface area (Å²) in [7, 11) is 3.85. The Labute approximate surface area is 171 Å². The third-order valence-corrected chi connectivity index (χ3v) is 6.22. The van der Waals surface area contributed by atoms with Crippen LogP contribution in [0.2, 0.25) is 0 Å². The summed E-state index contributed by atoms with van der Waals surface area (Å²) in [5, 5.41) is 3.13. The number of carbonyl (C=O) groups is 1. The molecule has 6 heteroatoms. The van der Waals surface area contributed by atoms with Crippen molar-refractivity contribution in [2.45, 2.75) is 90.6 Å². The number of unbranched alkanes of at least 4 members (excludes halogenated alkanes) is 3. The fraction of sp³-hybridized carbons (Fsp3) is 0.773. The lowest BCUT2D eigenvalue weighted by atomic mass is 9.89. The zero-order chi connectivity index (χ0) is 20.7. The molecule has 0 bridgehead atoms. The summed E-state index contributed by atoms with van der Waals surface area (Å²) in [4.78, 5) is 25.8. The van der Waals surface area contributed by atoms with Gasteiger partial charge >= 0.3 is 0 Å². The van der Waals surface area contributed by atoms with Crippen LogP contribution >= 0.6 is 0 Å². The van der Waals surface area contributed by atoms with E-state index in [1.54, 1.807) is 11.1 Å². The number of nitrogens with zero attached hydrogens (tertiary/aromatic N) is 4. The summed E-state index contributed by atoms with van der Waals surface area (Å²) in [6.45, 7) is 9.61. The SMILES string of the molecule is CCCCCCNC.CC[C@@H]1CC[C@@]2(CC)C(=O)N(C)c3cnc(C)nc3N12. The maximum Gasteiger partial charge on any atom is 0.252 e. The second kappa shape index (κ2) is 10.2. The lowest BCUT2D eigenvalue weighted by Gasteiger charge is -2.47. The lowest BCUT2D eigenvalue weighted by molar-refractivity contribution is -0.123. The summed E-state index contributed by atoms with van der Waals surface area (Å²) >= 11 is 0. The van der Waals surface area contributed by atoms with Crippen molar-refractivity contribution in [1.29, 1.82) is 0 Å². The molecule has 0 saturated carbocycles. The fourth-order valence-corrected chi connectivity index (χ4v) is 4.49. The molecule has 2 atom stereocenters. The average molecular weight is 390 g/mol. The topological polar surface area (TPSA) is 61.4 Å². The second-order valence-corrected chi connectivity index (χ2v) is 8.01. The zero-order valence-corrected chi connectivity index (χ0v) is 18.7. The molecule has 0 unspecified atom stereocenters. The summed E-state index contributed by atoms with van der Waals surface area (Å²) in [5.41, 5.74) is 0.438. The first-order valence-electron chi connectivity index (χ1n) is 11.0. The summed E-state index contributed by atoms with van der Waals surface area (Å²) in [6, 6.07) is 0.403. The molecular weight excluding hydrogens is 350 g/mol. The van der Waals surface area contributed by atoms with E-state index in [0.717, 1.165) is 43.0 Å². The molecule has 2 aliphatic heterocycles. The third kappa shape index (κ3) is 4.32. The number of amides is 1. The van der Waals surface area contributed by atoms with E-state index in [4.69, 9.17) is 0 Å². The average Bonchev–Trinajstić information content (AvgIpc) is 3.10. The van der Waals surface area contributed by atoms with Crippen LogP contribution in [0.3, 0.4) is 0 Å². The predicted molar refractivity (Wildman–Crippen MR) is 117 cm³/mol. The molecule has 28 heavy (non-hydrogen) atoms. The summed E-state index contributed by atoms with van der Waals surface area (Å²) < 4.78 is 0. The summed E-state index contributed by atoms with van der Waals surface area (Å²) in [6.07, 6.45) is 11.1. The van der Waals surface area contributed by atoms with Crippen LogP contribution in [0.15, 0.2) is 6.20 Å². The molecule has 6 nitrogen and oxygen atoms in total. The van der Waals surface area contributed by atoms with Gasteiger partial charge in [-0.15, -0.1) is 0 Å². The van der Waals surface area contributed by atoms with E-state index in [2.05, 4.69) is 41.0 Å². The minimum atomic E-state index is -0.400. The highest BCUT2D eigenvalue weighted by atomic mass is 16.2. The Balaban J connectivity index is 0.000000300. The monoisotopic (exact) mass is 389 g/mol. The van der Waals surface area contributed by atoms with Gasteiger partial charge in [0.1, 0.15) is 17.1 Å². The first-order chi connectivity index (χ1) is 13.5. The highest BCUT2D eigenvalue weighted by Gasteiger charge is 2.55. The van der Waals surface area contributed by atoms with E-state index in [1.807, 2.05) is 21.0 Å². The molecule has 0 aliphatic carbocycles. The molecule has 1 amide bonds. The van der Waals surface area contributed by atoms with Crippen molar-refractivity contribution in [2.75, 3.05) is 30.4 Å². The quantitative estimate of drug-likeness (QED) is 0.712. The number of fused-ring (bicyclic) bond motifs is 3. The molecule has 1 aromatic heterocycles. The number of hydrogen-bond acceptors (Lipinski definition) is 5. The van der Waals surface area contributed by atoms with Crippen molar-refractivity contribution >= 4 is 17.4 Å². The van der Waals surface area contributed by atoms with Crippen LogP contribution in [0, 0.1) is 6.92 Å². The second-order valence-electron chi connectivity index (χ2n) is 8.01. The molecular formula is C22H39N5O. The molecule has 1 saturated heterocycles. The van der Waals surface area contributed by atoms with Gasteiger partial charge in [0.15, 0.2) is 5.82 Å². The molecule has 0 spiro atoms. The van der Waals surface area contributed by atoms with Crippen LogP contribution in [0.1, 0.15) is 78.0 Å². The third-order valence-electron chi connectivity index (χ3n) is 6.22. The lowest BCUT2D eigenvalue weighted by Crippen LogP contribution is -2.61. The first-order valence-corrected chi connectivity index (χ1v) is 11.0. The van der Waals surface area contributed by atoms with Crippen molar-refractivity contribution in [2.24, 2.45) is 0 Å². The van der Waals surface area contributed by atoms with Crippen LogP contribution in [0.5, 0.6) is 0 Å². The van der Waals surface area contributed by atoms with Crippen LogP contribution in [-0.4, -0.2) is 48.1 Å². The number of likely N-dealkylation sites (N-methyl/N-ethyl adjacent to an activating group) is 1. The number of aromatic nitrogens is 2. The molecule has 1 fully saturated rings. The van der Waals surface area contributed by atoms with Crippen LogP contribution in [0.25, 0.3) is 0 Å². The molecule has 158 valence electrons. The van der Waals surface area contributed by atoms with Gasteiger partial charge in [-0.2, -0.15) is 0 Å². The van der Waals surface area contributed by atoms with Crippen molar-refractivity contribution in [3.05, 3.63) is 12.0 Å². The van der Waals surface area contributed by atoms with E-state index >= 15 is 0 Å². The maximum atomic E-state index is 12.9. The van der Waals surface area contributed by atoms with Gasteiger partial charge in [-0.1, -0.05) is 40.0 Å². The molecule has 3 heterocycles. The van der Waals surface area contributed by atoms with E-state index < -0.39 is 5.54 Å². The number of carbonyl (C=O) groups excluding carboxylic acids is 1. The largest absolute Gasteiger partial charge is 0.337 e. The molecule has 1 aromatic rings. The Bertz CT molecular complexity index is 644. The van der Waals surface area contributed by atoms with Gasteiger partial charge in [0.25, 0.3) is 5.91 Å². The number of anilines is 2. The highest BCUT2D eigenvalue weighted by molar-refractivity contribution is 6.07. The highest BCUT2D eigenvalue weighted by Crippen LogP contribution is 2.48.